The maximum Gasteiger partial charge on any atom is 0.224 e. The van der Waals surface area contributed by atoms with E-state index in [0.29, 0.717) is 37.1 Å². The molecule has 3 aromatic carbocycles. The number of amides is 2. The smallest absolute Gasteiger partial charge is 0.224 e. The number of anilines is 3. The van der Waals surface area contributed by atoms with Crippen LogP contribution in [0.2, 0.25) is 0 Å². The van der Waals surface area contributed by atoms with Gasteiger partial charge in [-0.25, -0.2) is 0 Å². The molecule has 2 saturated heterocycles. The molecule has 3 aromatic rings. The van der Waals surface area contributed by atoms with E-state index in [-0.39, 0.29) is 30.6 Å². The van der Waals surface area contributed by atoms with E-state index in [1.807, 2.05) is 60.7 Å². The number of unbranched alkanes of at least 4 members (excludes halogenated alkanes) is 2. The summed E-state index contributed by atoms with van der Waals surface area (Å²) < 4.78 is 13.0. The highest BCUT2D eigenvalue weighted by atomic mass is 16.7. The Hall–Kier alpha value is -3.76. The lowest BCUT2D eigenvalue weighted by Gasteiger charge is -2.39. The van der Waals surface area contributed by atoms with Crippen molar-refractivity contribution in [2.45, 2.75) is 82.9 Å². The number of piperidine rings is 1. The molecule has 0 bridgehead atoms. The second kappa shape index (κ2) is 16.5. The largest absolute Gasteiger partial charge is 0.397 e. The van der Waals surface area contributed by atoms with Crippen LogP contribution < -0.4 is 16.4 Å². The number of rotatable bonds is 13. The standard InChI is InChI=1S/C36H46N4O5/c37-31-9-5-6-10-32(31)39-35(43)12-4-1-3-11-34(42)38-29-19-17-28(18-20-29)36-44-30(24-40-21-7-2-8-22-40)23-33(45-36)27-15-13-26(25-41)14-16-27/h5-6,9-10,13-20,30,33,36,41H,1-4,7-8,11-12,21-25,37H2,(H,38,42)(H,39,43)/t30-,33+,36+/m0/s1. The van der Waals surface area contributed by atoms with E-state index in [2.05, 4.69) is 15.5 Å². The Balaban J connectivity index is 1.10. The van der Waals surface area contributed by atoms with Crippen LogP contribution in [-0.2, 0) is 25.7 Å². The van der Waals surface area contributed by atoms with Gasteiger partial charge in [-0.15, -0.1) is 0 Å². The number of nitrogens with two attached hydrogens (primary N) is 1. The molecule has 2 fully saturated rings. The minimum atomic E-state index is -0.517. The molecule has 0 spiro atoms. The van der Waals surface area contributed by atoms with E-state index in [4.69, 9.17) is 15.2 Å². The third kappa shape index (κ3) is 9.86. The third-order valence-corrected chi connectivity index (χ3v) is 8.53. The Morgan fingerprint density at radius 2 is 1.47 bits per heavy atom. The Morgan fingerprint density at radius 3 is 2.16 bits per heavy atom. The zero-order valence-corrected chi connectivity index (χ0v) is 26.0. The number of para-hydroxylation sites is 2. The molecule has 240 valence electrons. The molecule has 0 aromatic heterocycles. The minimum Gasteiger partial charge on any atom is -0.397 e. The van der Waals surface area contributed by atoms with Crippen LogP contribution in [-0.4, -0.2) is 47.6 Å². The zero-order valence-electron chi connectivity index (χ0n) is 26.0. The number of carbonyl (C=O) groups excluding carboxylic acids is 2. The van der Waals surface area contributed by atoms with Gasteiger partial charge in [-0.3, -0.25) is 9.59 Å². The monoisotopic (exact) mass is 614 g/mol. The summed E-state index contributed by atoms with van der Waals surface area (Å²) in [7, 11) is 0. The molecule has 2 heterocycles. The van der Waals surface area contributed by atoms with Crippen molar-refractivity contribution in [1.29, 1.82) is 0 Å². The quantitative estimate of drug-likeness (QED) is 0.131. The Kier molecular flexibility index (Phi) is 12.0. The van der Waals surface area contributed by atoms with Gasteiger partial charge in [-0.2, -0.15) is 0 Å². The van der Waals surface area contributed by atoms with Crippen molar-refractivity contribution in [1.82, 2.24) is 4.90 Å². The van der Waals surface area contributed by atoms with Crippen LogP contribution in [0.25, 0.3) is 0 Å². The van der Waals surface area contributed by atoms with Crippen molar-refractivity contribution in [2.24, 2.45) is 0 Å². The first-order valence-corrected chi connectivity index (χ1v) is 16.2. The molecule has 2 aliphatic heterocycles. The van der Waals surface area contributed by atoms with E-state index >= 15 is 0 Å². The van der Waals surface area contributed by atoms with Crippen molar-refractivity contribution < 1.29 is 24.2 Å². The number of likely N-dealkylation sites (tertiary alicyclic amines) is 1. The number of aliphatic hydroxyl groups is 1. The van der Waals surface area contributed by atoms with Gasteiger partial charge < -0.3 is 35.8 Å². The summed E-state index contributed by atoms with van der Waals surface area (Å²) in [5.74, 6) is -0.130. The number of nitrogen functional groups attached to an aromatic ring is 1. The van der Waals surface area contributed by atoms with Crippen molar-refractivity contribution >= 4 is 28.9 Å². The van der Waals surface area contributed by atoms with Crippen LogP contribution in [0.5, 0.6) is 0 Å². The average molecular weight is 615 g/mol. The van der Waals surface area contributed by atoms with Gasteiger partial charge in [-0.05, 0) is 74.2 Å². The summed E-state index contributed by atoms with van der Waals surface area (Å²) in [5.41, 5.74) is 10.6. The lowest BCUT2D eigenvalue weighted by molar-refractivity contribution is -0.253. The zero-order chi connectivity index (χ0) is 31.4. The fraction of sp³-hybridized carbons (Fsp3) is 0.444. The Labute approximate surface area is 266 Å². The summed E-state index contributed by atoms with van der Waals surface area (Å²) >= 11 is 0. The number of nitrogens with one attached hydrogen (secondary N) is 2. The number of hydrogen-bond donors (Lipinski definition) is 4. The van der Waals surface area contributed by atoms with Crippen LogP contribution in [0.15, 0.2) is 72.8 Å². The number of ether oxygens (including phenoxy) is 2. The van der Waals surface area contributed by atoms with Crippen LogP contribution in [0, 0.1) is 0 Å². The first kappa shape index (κ1) is 32.6. The fourth-order valence-electron chi connectivity index (χ4n) is 5.98. The SMILES string of the molecule is Nc1ccccc1NC(=O)CCCCCC(=O)Nc1ccc([C@@H]2O[C@H](CN3CCCCC3)C[C@H](c3ccc(CO)cc3)O2)cc1. The van der Waals surface area contributed by atoms with Gasteiger partial charge in [-0.1, -0.05) is 61.4 Å². The lowest BCUT2D eigenvalue weighted by Crippen LogP contribution is -2.41. The van der Waals surface area contributed by atoms with Gasteiger partial charge in [0, 0.05) is 37.1 Å². The van der Waals surface area contributed by atoms with Crippen LogP contribution in [0.4, 0.5) is 17.1 Å². The maximum atomic E-state index is 12.6. The van der Waals surface area contributed by atoms with E-state index in [9.17, 15) is 14.7 Å². The molecule has 9 heteroatoms. The van der Waals surface area contributed by atoms with E-state index in [1.165, 1.54) is 19.3 Å². The molecular weight excluding hydrogens is 568 g/mol. The Morgan fingerprint density at radius 1 is 0.800 bits per heavy atom. The molecule has 2 amide bonds. The molecule has 0 radical (unpaired) electrons. The summed E-state index contributed by atoms with van der Waals surface area (Å²) in [6.45, 7) is 3.11. The number of hydrogen-bond acceptors (Lipinski definition) is 7. The normalized spacial score (nSPS) is 20.4. The molecule has 0 saturated carbocycles. The van der Waals surface area contributed by atoms with Gasteiger partial charge in [0.25, 0.3) is 0 Å². The predicted molar refractivity (Wildman–Crippen MR) is 176 cm³/mol. The van der Waals surface area contributed by atoms with Gasteiger partial charge >= 0.3 is 0 Å². The van der Waals surface area contributed by atoms with Crippen molar-refractivity contribution in [3.05, 3.63) is 89.5 Å². The van der Waals surface area contributed by atoms with Crippen molar-refractivity contribution in [3.63, 3.8) is 0 Å². The highest BCUT2D eigenvalue weighted by Gasteiger charge is 2.33. The molecule has 2 aliphatic rings. The van der Waals surface area contributed by atoms with E-state index in [1.54, 1.807) is 12.1 Å². The number of benzene rings is 3. The first-order valence-electron chi connectivity index (χ1n) is 16.2. The Bertz CT molecular complexity index is 1370. The van der Waals surface area contributed by atoms with Crippen molar-refractivity contribution in [2.75, 3.05) is 36.0 Å². The van der Waals surface area contributed by atoms with Crippen molar-refractivity contribution in [3.8, 4) is 0 Å². The fourth-order valence-corrected chi connectivity index (χ4v) is 5.98. The highest BCUT2D eigenvalue weighted by molar-refractivity contribution is 5.93. The minimum absolute atomic E-state index is 0.0161. The van der Waals surface area contributed by atoms with Gasteiger partial charge in [0.2, 0.25) is 11.8 Å². The average Bonchev–Trinajstić information content (AvgIpc) is 3.06. The molecule has 0 aliphatic carbocycles. The molecule has 9 nitrogen and oxygen atoms in total. The molecular formula is C36H46N4O5. The second-order valence-corrected chi connectivity index (χ2v) is 12.1. The molecule has 3 atom stereocenters. The van der Waals surface area contributed by atoms with Gasteiger partial charge in [0.05, 0.1) is 30.2 Å². The number of nitrogens with zero attached hydrogens (tertiary/aromatic N) is 1. The summed E-state index contributed by atoms with van der Waals surface area (Å²) in [6, 6.07) is 22.8. The highest BCUT2D eigenvalue weighted by Crippen LogP contribution is 2.38. The number of carbonyl (C=O) groups is 2. The maximum absolute atomic E-state index is 12.6. The molecule has 5 rings (SSSR count). The lowest BCUT2D eigenvalue weighted by atomic mass is 9.99. The van der Waals surface area contributed by atoms with Gasteiger partial charge in [0.1, 0.15) is 0 Å². The second-order valence-electron chi connectivity index (χ2n) is 12.1. The van der Waals surface area contributed by atoms with Crippen LogP contribution in [0.3, 0.4) is 0 Å². The van der Waals surface area contributed by atoms with Gasteiger partial charge in [0.15, 0.2) is 6.29 Å². The third-order valence-electron chi connectivity index (χ3n) is 8.53. The predicted octanol–water partition coefficient (Wildman–Crippen LogP) is 6.32. The number of aliphatic hydroxyl groups excluding tert-OH is 1. The molecule has 5 N–H and O–H groups in total. The molecule has 45 heavy (non-hydrogen) atoms. The van der Waals surface area contributed by atoms with Crippen LogP contribution >= 0.6 is 0 Å². The topological polar surface area (TPSA) is 126 Å². The summed E-state index contributed by atoms with van der Waals surface area (Å²) in [4.78, 5) is 27.3. The summed E-state index contributed by atoms with van der Waals surface area (Å²) in [6.07, 6.45) is 6.88. The van der Waals surface area contributed by atoms with Crippen LogP contribution in [0.1, 0.15) is 86.9 Å². The molecule has 0 unspecified atom stereocenters. The van der Waals surface area contributed by atoms with E-state index in [0.717, 1.165) is 54.9 Å². The summed E-state index contributed by atoms with van der Waals surface area (Å²) in [5, 5.41) is 15.3. The first-order chi connectivity index (χ1) is 22.0. The van der Waals surface area contributed by atoms with E-state index < -0.39 is 6.29 Å².